The van der Waals surface area contributed by atoms with E-state index in [2.05, 4.69) is 92.3 Å². The zero-order valence-corrected chi connectivity index (χ0v) is 33.5. The lowest BCUT2D eigenvalue weighted by Crippen LogP contribution is -2.41. The number of aromatic nitrogens is 4. The molecule has 0 bridgehead atoms. The van der Waals surface area contributed by atoms with Gasteiger partial charge < -0.3 is 19.2 Å². The number of rotatable bonds is 13. The summed E-state index contributed by atoms with van der Waals surface area (Å²) in [6.45, 7) is 22.7. The van der Waals surface area contributed by atoms with Crippen molar-refractivity contribution >= 4 is 72.0 Å². The number of carbonyl (C=O) groups is 1. The van der Waals surface area contributed by atoms with E-state index in [0.717, 1.165) is 68.8 Å². The van der Waals surface area contributed by atoms with Crippen molar-refractivity contribution in [3.05, 3.63) is 50.8 Å². The van der Waals surface area contributed by atoms with Crippen LogP contribution in [0.3, 0.4) is 0 Å². The number of hydrogen-bond donors (Lipinski definition) is 1. The summed E-state index contributed by atoms with van der Waals surface area (Å²) in [6.07, 6.45) is 3.09. The summed E-state index contributed by atoms with van der Waals surface area (Å²) in [5.41, 5.74) is 3.26. The zero-order valence-electron chi connectivity index (χ0n) is 29.8. The number of carboxylic acid groups (broad SMARTS) is 1. The van der Waals surface area contributed by atoms with Crippen LogP contribution in [0.5, 0.6) is 0 Å². The minimum absolute atomic E-state index is 0.118. The van der Waals surface area contributed by atoms with Crippen LogP contribution >= 0.6 is 22.7 Å². The molecule has 0 amide bonds. The number of carboxylic acids is 1. The predicted molar refractivity (Wildman–Crippen MR) is 202 cm³/mol. The average Bonchev–Trinajstić information content (AvgIpc) is 3.59. The predicted octanol–water partition coefficient (Wildman–Crippen LogP) is 8.54. The molecule has 0 unspecified atom stereocenters. The Morgan fingerprint density at radius 3 is 2.54 bits per heavy atom. The van der Waals surface area contributed by atoms with E-state index in [4.69, 9.17) is 14.2 Å². The number of thiazole rings is 2. The minimum atomic E-state index is -1.87. The summed E-state index contributed by atoms with van der Waals surface area (Å²) in [5, 5.41) is 20.1. The maximum atomic E-state index is 12.2. The van der Waals surface area contributed by atoms with Crippen LogP contribution in [-0.4, -0.2) is 67.0 Å². The van der Waals surface area contributed by atoms with Crippen molar-refractivity contribution in [1.29, 1.82) is 0 Å². The smallest absolute Gasteiger partial charge is 0.355 e. The van der Waals surface area contributed by atoms with Crippen molar-refractivity contribution in [2.45, 2.75) is 104 Å². The molecule has 260 valence electrons. The Hall–Kier alpha value is -2.76. The highest BCUT2D eigenvalue weighted by Gasteiger charge is 2.37. The highest BCUT2D eigenvalue weighted by Crippen LogP contribution is 2.39. The monoisotopic (exact) mass is 726 g/mol. The van der Waals surface area contributed by atoms with Crippen molar-refractivity contribution in [3.8, 4) is 0 Å². The largest absolute Gasteiger partial charge is 0.476 e. The summed E-state index contributed by atoms with van der Waals surface area (Å²) in [5.74, 6) is 0.313. The molecule has 0 aliphatic carbocycles. The van der Waals surface area contributed by atoms with Gasteiger partial charge in [0.25, 0.3) is 0 Å². The fraction of sp³-hybridized carbons (Fsp3) is 0.559. The van der Waals surface area contributed by atoms with Crippen LogP contribution in [0.4, 0.5) is 16.8 Å². The first-order chi connectivity index (χ1) is 22.6. The summed E-state index contributed by atoms with van der Waals surface area (Å²) < 4.78 is 15.8. The number of anilines is 2. The third-order valence-electron chi connectivity index (χ3n) is 9.30. The molecule has 0 saturated carbocycles. The normalized spacial score (nSPS) is 14.6. The highest BCUT2D eigenvalue weighted by atomic mass is 32.1. The van der Waals surface area contributed by atoms with Gasteiger partial charge in [-0.1, -0.05) is 63.9 Å². The van der Waals surface area contributed by atoms with Gasteiger partial charge in [0.05, 0.1) is 10.2 Å². The third kappa shape index (κ3) is 8.33. The van der Waals surface area contributed by atoms with Crippen LogP contribution in [0.15, 0.2) is 29.3 Å². The Labute approximate surface area is 294 Å². The zero-order chi connectivity index (χ0) is 34.9. The second-order valence-corrected chi connectivity index (χ2v) is 27.7. The Bertz CT molecular complexity index is 1840. The lowest BCUT2D eigenvalue weighted by molar-refractivity contribution is 0.0690. The first-order valence-electron chi connectivity index (χ1n) is 16.8. The fourth-order valence-electron chi connectivity index (χ4n) is 5.28. The third-order valence-corrected chi connectivity index (χ3v) is 17.7. The Morgan fingerprint density at radius 2 is 1.83 bits per heavy atom. The molecule has 1 N–H and O–H groups in total. The number of fused-ring (bicyclic) bond motifs is 2. The van der Waals surface area contributed by atoms with Crippen LogP contribution < -0.4 is 9.70 Å². The quantitative estimate of drug-likeness (QED) is 0.108. The Morgan fingerprint density at radius 1 is 1.08 bits per heavy atom. The number of hydrogen-bond acceptors (Lipinski definition) is 10. The standard InChI is InChI=1S/C34H50N6O4S2Si2/c1-23-24-14-12-18-39(32-35-28(31(41)42)27(46-32)17-13-19-44-48(8,9)34(2,3)4)30(24)38-37-29(23)36-33-40(22-43-20-21-47(5,6)7)25-15-10-11-16-26(25)45-33/h10-11,15-16H,12-14,17-22H2,1-9H3,(H,41,42). The van der Waals surface area contributed by atoms with Crippen LogP contribution in [-0.2, 0) is 28.7 Å². The van der Waals surface area contributed by atoms with Gasteiger partial charge in [-0.25, -0.2) is 9.78 Å². The topological polar surface area (TPSA) is 115 Å². The summed E-state index contributed by atoms with van der Waals surface area (Å²) in [6, 6.07) is 9.40. The van der Waals surface area contributed by atoms with E-state index < -0.39 is 22.4 Å². The molecule has 1 aliphatic rings. The van der Waals surface area contributed by atoms with Crippen molar-refractivity contribution in [2.75, 3.05) is 24.7 Å². The second-order valence-electron chi connectivity index (χ2n) is 15.2. The Kier molecular flexibility index (Phi) is 11.1. The summed E-state index contributed by atoms with van der Waals surface area (Å²) in [4.78, 5) is 25.5. The Balaban J connectivity index is 1.40. The van der Waals surface area contributed by atoms with E-state index in [1.165, 1.54) is 11.3 Å². The van der Waals surface area contributed by atoms with Gasteiger partial charge >= 0.3 is 5.97 Å². The molecule has 0 radical (unpaired) electrons. The molecule has 0 saturated heterocycles. The van der Waals surface area contributed by atoms with Gasteiger partial charge in [-0.3, -0.25) is 4.57 Å². The number of aryl methyl sites for hydroxylation is 1. The van der Waals surface area contributed by atoms with Crippen LogP contribution in [0, 0.1) is 6.92 Å². The number of ether oxygens (including phenoxy) is 1. The molecule has 14 heteroatoms. The first kappa shape index (κ1) is 36.5. The van der Waals surface area contributed by atoms with Crippen molar-refractivity contribution in [1.82, 2.24) is 19.7 Å². The first-order valence-corrected chi connectivity index (χ1v) is 25.0. The number of aromatic carboxylic acids is 1. The van der Waals surface area contributed by atoms with E-state index in [9.17, 15) is 9.90 Å². The van der Waals surface area contributed by atoms with Gasteiger partial charge in [0.1, 0.15) is 6.73 Å². The molecule has 0 atom stereocenters. The molecular formula is C34H50N6O4S2Si2. The molecule has 48 heavy (non-hydrogen) atoms. The van der Waals surface area contributed by atoms with Crippen LogP contribution in [0.2, 0.25) is 43.8 Å². The van der Waals surface area contributed by atoms with Crippen molar-refractivity contribution in [2.24, 2.45) is 4.99 Å². The van der Waals surface area contributed by atoms with E-state index in [1.54, 1.807) is 11.3 Å². The molecular weight excluding hydrogens is 677 g/mol. The number of nitrogens with zero attached hydrogens (tertiary/aromatic N) is 6. The van der Waals surface area contributed by atoms with Gasteiger partial charge in [0.2, 0.25) is 0 Å². The average molecular weight is 727 g/mol. The molecule has 10 nitrogen and oxygen atoms in total. The van der Waals surface area contributed by atoms with E-state index >= 15 is 0 Å². The minimum Gasteiger partial charge on any atom is -0.476 e. The fourth-order valence-corrected chi connectivity index (χ4v) is 9.27. The van der Waals surface area contributed by atoms with Gasteiger partial charge in [0, 0.05) is 43.8 Å². The molecule has 5 rings (SSSR count). The highest BCUT2D eigenvalue weighted by molar-refractivity contribution is 7.16. The maximum Gasteiger partial charge on any atom is 0.355 e. The number of para-hydroxylation sites is 1. The van der Waals surface area contributed by atoms with Crippen molar-refractivity contribution < 1.29 is 19.1 Å². The van der Waals surface area contributed by atoms with Crippen LogP contribution in [0.1, 0.15) is 60.1 Å². The molecule has 1 aliphatic heterocycles. The summed E-state index contributed by atoms with van der Waals surface area (Å²) >= 11 is 3.05. The summed E-state index contributed by atoms with van der Waals surface area (Å²) in [7, 11) is -3.07. The van der Waals surface area contributed by atoms with Gasteiger partial charge in [0.15, 0.2) is 35.6 Å². The maximum absolute atomic E-state index is 12.2. The molecule has 3 aromatic heterocycles. The molecule has 4 aromatic rings. The van der Waals surface area contributed by atoms with Gasteiger partial charge in [-0.2, -0.15) is 4.99 Å². The lowest BCUT2D eigenvalue weighted by Gasteiger charge is -2.36. The molecule has 0 spiro atoms. The van der Waals surface area contributed by atoms with Gasteiger partial charge in [-0.15, -0.1) is 21.5 Å². The molecule has 1 aromatic carbocycles. The lowest BCUT2D eigenvalue weighted by atomic mass is 10.0. The molecule has 0 fully saturated rings. The van der Waals surface area contributed by atoms with E-state index in [-0.39, 0.29) is 10.7 Å². The van der Waals surface area contributed by atoms with E-state index in [1.807, 2.05) is 17.0 Å². The van der Waals surface area contributed by atoms with Gasteiger partial charge in [-0.05, 0) is 68.9 Å². The van der Waals surface area contributed by atoms with E-state index in [0.29, 0.717) is 37.3 Å². The van der Waals surface area contributed by atoms with Crippen molar-refractivity contribution in [3.63, 3.8) is 0 Å². The number of benzene rings is 1. The van der Waals surface area contributed by atoms with Crippen LogP contribution in [0.25, 0.3) is 10.2 Å². The SMILES string of the molecule is Cc1c(N=c2sc3ccccc3n2COCC[Si](C)(C)C)nnc2c1CCCN2c1nc(C(=O)O)c(CCCO[Si](C)(C)C(C)(C)C)s1. The molecule has 4 heterocycles. The second kappa shape index (κ2) is 14.6.